The van der Waals surface area contributed by atoms with E-state index in [1.54, 1.807) is 0 Å². The van der Waals surface area contributed by atoms with E-state index >= 15 is 0 Å². The van der Waals surface area contributed by atoms with E-state index in [1.807, 2.05) is 42.1 Å². The summed E-state index contributed by atoms with van der Waals surface area (Å²) in [7, 11) is 0. The highest BCUT2D eigenvalue weighted by molar-refractivity contribution is 6.31. The SMILES string of the molecule is CCC(CC)n1ccc(CC(O)c2ccc(Cl)c(C)c2)n1. The van der Waals surface area contributed by atoms with Crippen LogP contribution >= 0.6 is 11.6 Å². The van der Waals surface area contributed by atoms with Gasteiger partial charge in [0.1, 0.15) is 0 Å². The molecule has 0 amide bonds. The van der Waals surface area contributed by atoms with Crippen LogP contribution in [0.25, 0.3) is 0 Å². The average molecular weight is 307 g/mol. The molecule has 0 radical (unpaired) electrons. The van der Waals surface area contributed by atoms with Crippen molar-refractivity contribution in [3.05, 3.63) is 52.3 Å². The Labute approximate surface area is 131 Å². The van der Waals surface area contributed by atoms with Crippen molar-refractivity contribution in [2.75, 3.05) is 0 Å². The van der Waals surface area contributed by atoms with Crippen LogP contribution in [0.1, 0.15) is 55.7 Å². The van der Waals surface area contributed by atoms with Crippen molar-refractivity contribution in [1.29, 1.82) is 0 Å². The number of hydrogen-bond donors (Lipinski definition) is 1. The zero-order valence-electron chi connectivity index (χ0n) is 12.9. The number of aliphatic hydroxyl groups excluding tert-OH is 1. The fourth-order valence-electron chi connectivity index (χ4n) is 2.54. The first-order valence-corrected chi connectivity index (χ1v) is 7.91. The highest BCUT2D eigenvalue weighted by atomic mass is 35.5. The van der Waals surface area contributed by atoms with Crippen LogP contribution < -0.4 is 0 Å². The molecule has 4 heteroatoms. The third kappa shape index (κ3) is 3.86. The topological polar surface area (TPSA) is 38.0 Å². The highest BCUT2D eigenvalue weighted by Gasteiger charge is 2.13. The lowest BCUT2D eigenvalue weighted by Crippen LogP contribution is -2.09. The van der Waals surface area contributed by atoms with Crippen molar-refractivity contribution in [3.63, 3.8) is 0 Å². The highest BCUT2D eigenvalue weighted by Crippen LogP contribution is 2.23. The van der Waals surface area contributed by atoms with E-state index in [-0.39, 0.29) is 0 Å². The normalized spacial score (nSPS) is 12.9. The lowest BCUT2D eigenvalue weighted by atomic mass is 10.0. The molecular formula is C17H23ClN2O. The molecule has 1 N–H and O–H groups in total. The van der Waals surface area contributed by atoms with Crippen LogP contribution in [0.3, 0.4) is 0 Å². The van der Waals surface area contributed by atoms with Gasteiger partial charge in [-0.2, -0.15) is 5.10 Å². The Balaban J connectivity index is 2.08. The van der Waals surface area contributed by atoms with Crippen LogP contribution in [0.5, 0.6) is 0 Å². The summed E-state index contributed by atoms with van der Waals surface area (Å²) in [6, 6.07) is 8.07. The molecule has 0 saturated carbocycles. The number of aryl methyl sites for hydroxylation is 1. The van der Waals surface area contributed by atoms with E-state index in [1.165, 1.54) is 0 Å². The number of hydrogen-bond acceptors (Lipinski definition) is 2. The fourth-order valence-corrected chi connectivity index (χ4v) is 2.66. The van der Waals surface area contributed by atoms with Gasteiger partial charge in [0.15, 0.2) is 0 Å². The summed E-state index contributed by atoms with van der Waals surface area (Å²) < 4.78 is 2.01. The summed E-state index contributed by atoms with van der Waals surface area (Å²) in [6.45, 7) is 6.28. The third-order valence-electron chi connectivity index (χ3n) is 3.95. The van der Waals surface area contributed by atoms with Gasteiger partial charge in [0.05, 0.1) is 17.8 Å². The van der Waals surface area contributed by atoms with Gasteiger partial charge >= 0.3 is 0 Å². The van der Waals surface area contributed by atoms with E-state index in [4.69, 9.17) is 11.6 Å². The zero-order valence-corrected chi connectivity index (χ0v) is 13.6. The summed E-state index contributed by atoms with van der Waals surface area (Å²) in [5.41, 5.74) is 2.78. The summed E-state index contributed by atoms with van der Waals surface area (Å²) >= 11 is 6.02. The van der Waals surface area contributed by atoms with Crippen LogP contribution in [-0.4, -0.2) is 14.9 Å². The van der Waals surface area contributed by atoms with E-state index in [0.29, 0.717) is 12.5 Å². The zero-order chi connectivity index (χ0) is 15.4. The van der Waals surface area contributed by atoms with Gasteiger partial charge < -0.3 is 5.11 Å². The van der Waals surface area contributed by atoms with Gasteiger partial charge in [-0.25, -0.2) is 0 Å². The summed E-state index contributed by atoms with van der Waals surface area (Å²) in [5.74, 6) is 0. The number of benzene rings is 1. The Morgan fingerprint density at radius 2 is 1.95 bits per heavy atom. The number of aromatic nitrogens is 2. The third-order valence-corrected chi connectivity index (χ3v) is 4.37. The Morgan fingerprint density at radius 1 is 1.24 bits per heavy atom. The Kier molecular flexibility index (Phi) is 5.43. The number of aliphatic hydroxyl groups is 1. The first-order chi connectivity index (χ1) is 10.0. The van der Waals surface area contributed by atoms with Gasteiger partial charge in [-0.3, -0.25) is 4.68 Å². The maximum absolute atomic E-state index is 10.4. The maximum Gasteiger partial charge on any atom is 0.0846 e. The molecule has 0 bridgehead atoms. The molecule has 3 nitrogen and oxygen atoms in total. The minimum absolute atomic E-state index is 0.439. The van der Waals surface area contributed by atoms with E-state index < -0.39 is 6.10 Å². The Morgan fingerprint density at radius 3 is 2.57 bits per heavy atom. The van der Waals surface area contributed by atoms with Crippen LogP contribution in [0.2, 0.25) is 5.02 Å². The molecule has 1 unspecified atom stereocenters. The van der Waals surface area contributed by atoms with E-state index in [0.717, 1.165) is 34.7 Å². The van der Waals surface area contributed by atoms with Gasteiger partial charge in [0.2, 0.25) is 0 Å². The molecule has 0 spiro atoms. The molecule has 1 heterocycles. The average Bonchev–Trinajstić information content (AvgIpc) is 2.91. The second-order valence-corrected chi connectivity index (χ2v) is 5.89. The monoisotopic (exact) mass is 306 g/mol. The smallest absolute Gasteiger partial charge is 0.0846 e. The summed E-state index contributed by atoms with van der Waals surface area (Å²) in [6.07, 6.45) is 4.11. The quantitative estimate of drug-likeness (QED) is 0.854. The van der Waals surface area contributed by atoms with Crippen molar-refractivity contribution in [2.45, 2.75) is 52.2 Å². The molecule has 1 aromatic carbocycles. The fraction of sp³-hybridized carbons (Fsp3) is 0.471. The molecule has 0 aliphatic heterocycles. The molecule has 114 valence electrons. The minimum atomic E-state index is -0.550. The van der Waals surface area contributed by atoms with E-state index in [2.05, 4.69) is 18.9 Å². The minimum Gasteiger partial charge on any atom is -0.388 e. The predicted octanol–water partition coefficient (Wildman–Crippen LogP) is 4.48. The van der Waals surface area contributed by atoms with Crippen molar-refractivity contribution in [2.24, 2.45) is 0 Å². The number of nitrogens with zero attached hydrogens (tertiary/aromatic N) is 2. The Hall–Kier alpha value is -1.32. The molecule has 1 aromatic heterocycles. The molecule has 0 saturated heterocycles. The second kappa shape index (κ2) is 7.10. The summed E-state index contributed by atoms with van der Waals surface area (Å²) in [5, 5.41) is 15.7. The van der Waals surface area contributed by atoms with Crippen molar-refractivity contribution >= 4 is 11.6 Å². The van der Waals surface area contributed by atoms with Crippen LogP contribution in [0.4, 0.5) is 0 Å². The van der Waals surface area contributed by atoms with Crippen molar-refractivity contribution < 1.29 is 5.11 Å². The van der Waals surface area contributed by atoms with Crippen LogP contribution in [-0.2, 0) is 6.42 Å². The van der Waals surface area contributed by atoms with Gasteiger partial charge in [-0.1, -0.05) is 37.6 Å². The van der Waals surface area contributed by atoms with Crippen molar-refractivity contribution in [1.82, 2.24) is 9.78 Å². The first kappa shape index (κ1) is 16.1. The van der Waals surface area contributed by atoms with Gasteiger partial charge in [0.25, 0.3) is 0 Å². The maximum atomic E-state index is 10.4. The predicted molar refractivity (Wildman–Crippen MR) is 86.7 cm³/mol. The Bertz CT molecular complexity index is 590. The van der Waals surface area contributed by atoms with E-state index in [9.17, 15) is 5.11 Å². The standard InChI is InChI=1S/C17H23ClN2O/c1-4-15(5-2)20-9-8-14(19-20)11-17(21)13-6-7-16(18)12(3)10-13/h6-10,15,17,21H,4-5,11H2,1-3H3. The van der Waals surface area contributed by atoms with Gasteiger partial charge in [0, 0.05) is 17.6 Å². The first-order valence-electron chi connectivity index (χ1n) is 7.53. The lowest BCUT2D eigenvalue weighted by molar-refractivity contribution is 0.176. The molecular weight excluding hydrogens is 284 g/mol. The molecule has 21 heavy (non-hydrogen) atoms. The van der Waals surface area contributed by atoms with Crippen LogP contribution in [0.15, 0.2) is 30.5 Å². The molecule has 2 aromatic rings. The van der Waals surface area contributed by atoms with Crippen molar-refractivity contribution in [3.8, 4) is 0 Å². The molecule has 0 fully saturated rings. The van der Waals surface area contributed by atoms with Crippen LogP contribution in [0, 0.1) is 6.92 Å². The lowest BCUT2D eigenvalue weighted by Gasteiger charge is -2.13. The largest absolute Gasteiger partial charge is 0.388 e. The molecule has 0 aliphatic carbocycles. The number of rotatable bonds is 6. The second-order valence-electron chi connectivity index (χ2n) is 5.49. The van der Waals surface area contributed by atoms with Gasteiger partial charge in [-0.05, 0) is 43.0 Å². The summed E-state index contributed by atoms with van der Waals surface area (Å²) in [4.78, 5) is 0. The molecule has 0 aliphatic rings. The number of halogens is 1. The van der Waals surface area contributed by atoms with Gasteiger partial charge in [-0.15, -0.1) is 0 Å². The molecule has 2 rings (SSSR count). The molecule has 1 atom stereocenters.